The van der Waals surface area contributed by atoms with E-state index in [1.54, 1.807) is 5.92 Å². The van der Waals surface area contributed by atoms with Crippen LogP contribution < -0.4 is 10.6 Å². The molecular formula is C27H35P2. The summed E-state index contributed by atoms with van der Waals surface area (Å²) < 4.78 is 0. The van der Waals surface area contributed by atoms with Gasteiger partial charge in [-0.2, -0.15) is 0 Å². The minimum Gasteiger partial charge on any atom is -0.0921 e. The molecule has 0 spiro atoms. The lowest BCUT2D eigenvalue weighted by molar-refractivity contribution is 0.689. The Morgan fingerprint density at radius 3 is 1.52 bits per heavy atom. The van der Waals surface area contributed by atoms with Gasteiger partial charge in [0.25, 0.3) is 0 Å². The van der Waals surface area contributed by atoms with E-state index in [4.69, 9.17) is 0 Å². The first-order chi connectivity index (χ1) is 13.6. The van der Waals surface area contributed by atoms with Gasteiger partial charge in [-0.25, -0.2) is 0 Å². The van der Waals surface area contributed by atoms with Gasteiger partial charge >= 0.3 is 0 Å². The Hall–Kier alpha value is -0.700. The third kappa shape index (κ3) is 5.32. The van der Waals surface area contributed by atoms with Crippen LogP contribution in [0.3, 0.4) is 0 Å². The fourth-order valence-electron chi connectivity index (χ4n) is 4.87. The largest absolute Gasteiger partial charge is 0.0921 e. The van der Waals surface area contributed by atoms with Crippen molar-refractivity contribution in [3.8, 4) is 0 Å². The van der Waals surface area contributed by atoms with Crippen LogP contribution >= 0.6 is 15.8 Å². The molecule has 1 atom stereocenters. The minimum absolute atomic E-state index is 0.223. The maximum atomic E-state index is 2.48. The highest BCUT2D eigenvalue weighted by molar-refractivity contribution is 7.76. The molecule has 1 aliphatic rings. The third-order valence-electron chi connectivity index (χ3n) is 5.38. The van der Waals surface area contributed by atoms with Crippen LogP contribution in [0.1, 0.15) is 48.5 Å². The Morgan fingerprint density at radius 1 is 0.655 bits per heavy atom. The number of hydrogen-bond donors (Lipinski definition) is 0. The van der Waals surface area contributed by atoms with E-state index in [-0.39, 0.29) is 7.92 Å². The van der Waals surface area contributed by atoms with E-state index in [0.29, 0.717) is 16.0 Å². The van der Waals surface area contributed by atoms with E-state index in [9.17, 15) is 0 Å². The van der Waals surface area contributed by atoms with E-state index in [2.05, 4.69) is 128 Å². The van der Waals surface area contributed by atoms with Crippen LogP contribution in [0, 0.1) is 30.8 Å². The minimum atomic E-state index is -0.548. The lowest BCUT2D eigenvalue weighted by atomic mass is 10.0. The quantitative estimate of drug-likeness (QED) is 0.444. The summed E-state index contributed by atoms with van der Waals surface area (Å²) in [6, 6.07) is 22.2. The normalized spacial score (nSPS) is 18.0. The Morgan fingerprint density at radius 2 is 1.10 bits per heavy atom. The second kappa shape index (κ2) is 9.20. The van der Waals surface area contributed by atoms with Crippen LogP contribution in [-0.2, 0) is 0 Å². The molecule has 0 N–H and O–H groups in total. The summed E-state index contributed by atoms with van der Waals surface area (Å²) in [7, 11) is -0.771. The SMILES string of the molecule is C[C@@H]([C]1[CH][CH][CH][C]1P(c1ccccc1)c1ccccc1)P(C(C)(C)C)C(C)(C)C. The van der Waals surface area contributed by atoms with Crippen molar-refractivity contribution in [2.75, 3.05) is 0 Å². The van der Waals surface area contributed by atoms with Gasteiger partial charge < -0.3 is 0 Å². The van der Waals surface area contributed by atoms with Gasteiger partial charge in [-0.3, -0.25) is 0 Å². The molecule has 0 unspecified atom stereocenters. The fraction of sp³-hybridized carbons (Fsp3) is 0.370. The van der Waals surface area contributed by atoms with Crippen LogP contribution in [-0.4, -0.2) is 16.0 Å². The first-order valence-corrected chi connectivity index (χ1v) is 13.3. The topological polar surface area (TPSA) is 0 Å². The molecule has 29 heavy (non-hydrogen) atoms. The average molecular weight is 422 g/mol. The summed E-state index contributed by atoms with van der Waals surface area (Å²) in [6.07, 6.45) is 7.06. The highest BCUT2D eigenvalue weighted by Gasteiger charge is 2.47. The molecule has 5 radical (unpaired) electrons. The van der Waals surface area contributed by atoms with E-state index in [0.717, 1.165) is 0 Å². The summed E-state index contributed by atoms with van der Waals surface area (Å²) in [5.41, 5.74) is 2.10. The molecule has 0 aromatic heterocycles. The van der Waals surface area contributed by atoms with Gasteiger partial charge in [0.15, 0.2) is 0 Å². The van der Waals surface area contributed by atoms with E-state index in [1.807, 2.05) is 0 Å². The summed E-state index contributed by atoms with van der Waals surface area (Å²) >= 11 is 0. The zero-order chi connectivity index (χ0) is 21.2. The van der Waals surface area contributed by atoms with Crippen molar-refractivity contribution in [1.29, 1.82) is 0 Å². The van der Waals surface area contributed by atoms with Gasteiger partial charge in [0.05, 0.1) is 0 Å². The van der Waals surface area contributed by atoms with Crippen LogP contribution in [0.15, 0.2) is 60.7 Å². The van der Waals surface area contributed by atoms with Crippen LogP contribution in [0.2, 0.25) is 0 Å². The third-order valence-corrected chi connectivity index (χ3v) is 11.8. The van der Waals surface area contributed by atoms with Gasteiger partial charge in [0.1, 0.15) is 0 Å². The second-order valence-corrected chi connectivity index (χ2v) is 16.1. The van der Waals surface area contributed by atoms with Crippen molar-refractivity contribution >= 4 is 26.5 Å². The van der Waals surface area contributed by atoms with Gasteiger partial charge in [-0.15, -0.1) is 0 Å². The number of benzene rings is 2. The predicted octanol–water partition coefficient (Wildman–Crippen LogP) is 7.32. The van der Waals surface area contributed by atoms with Crippen molar-refractivity contribution in [3.05, 3.63) is 91.5 Å². The van der Waals surface area contributed by atoms with Crippen LogP contribution in [0.5, 0.6) is 0 Å². The van der Waals surface area contributed by atoms with E-state index < -0.39 is 7.92 Å². The van der Waals surface area contributed by atoms with Crippen molar-refractivity contribution in [2.24, 2.45) is 0 Å². The Balaban J connectivity index is 2.00. The zero-order valence-corrected chi connectivity index (χ0v) is 20.8. The standard InChI is InChI=1S/C27H35P2/c1-21(29(26(2,3)4)27(5,6)7)24-19-14-20-25(24)28(22-15-10-8-11-16-22)23-17-12-9-13-18-23/h8-21H,1-7H3/t21-/m0/s1. The first kappa shape index (κ1) is 23.0. The molecule has 0 heterocycles. The Labute approximate surface area is 182 Å². The van der Waals surface area contributed by atoms with Gasteiger partial charge in [-0.1, -0.05) is 117 Å². The summed E-state index contributed by atoms with van der Waals surface area (Å²) in [5, 5.41) is 3.49. The zero-order valence-electron chi connectivity index (χ0n) is 19.0. The lowest BCUT2D eigenvalue weighted by Gasteiger charge is -2.48. The van der Waals surface area contributed by atoms with Gasteiger partial charge in [0.2, 0.25) is 0 Å². The predicted molar refractivity (Wildman–Crippen MR) is 134 cm³/mol. The number of hydrogen-bond acceptors (Lipinski definition) is 0. The monoisotopic (exact) mass is 421 g/mol. The molecule has 1 saturated carbocycles. The molecule has 0 aliphatic heterocycles. The van der Waals surface area contributed by atoms with Crippen LogP contribution in [0.4, 0.5) is 0 Å². The maximum absolute atomic E-state index is 2.48. The van der Waals surface area contributed by atoms with Crippen molar-refractivity contribution in [1.82, 2.24) is 0 Å². The van der Waals surface area contributed by atoms with E-state index in [1.165, 1.54) is 16.3 Å². The summed E-state index contributed by atoms with van der Waals surface area (Å²) in [5.74, 6) is 1.56. The van der Waals surface area contributed by atoms with Gasteiger partial charge in [0, 0.05) is 5.66 Å². The average Bonchev–Trinajstić information content (AvgIpc) is 3.11. The Bertz CT molecular complexity index is 701. The molecule has 1 aliphatic carbocycles. The molecule has 2 aromatic carbocycles. The molecule has 0 amide bonds. The maximum Gasteiger partial charge on any atom is 0.0201 e. The van der Waals surface area contributed by atoms with Gasteiger partial charge in [-0.05, 0) is 59.7 Å². The van der Waals surface area contributed by atoms with Crippen molar-refractivity contribution in [3.63, 3.8) is 0 Å². The molecule has 2 heteroatoms. The molecular weight excluding hydrogens is 386 g/mol. The van der Waals surface area contributed by atoms with Crippen LogP contribution in [0.25, 0.3) is 0 Å². The Kier molecular flexibility index (Phi) is 7.29. The molecule has 0 nitrogen and oxygen atoms in total. The molecule has 3 rings (SSSR count). The number of rotatable bonds is 5. The summed E-state index contributed by atoms with van der Waals surface area (Å²) in [4.78, 5) is 0. The summed E-state index contributed by atoms with van der Waals surface area (Å²) in [6.45, 7) is 17.1. The highest BCUT2D eigenvalue weighted by atomic mass is 31.1. The van der Waals surface area contributed by atoms with Crippen molar-refractivity contribution in [2.45, 2.75) is 64.4 Å². The van der Waals surface area contributed by atoms with Crippen molar-refractivity contribution < 1.29 is 0 Å². The lowest BCUT2D eigenvalue weighted by Crippen LogP contribution is -2.34. The fourth-order valence-corrected chi connectivity index (χ4v) is 12.4. The first-order valence-electron chi connectivity index (χ1n) is 10.6. The van der Waals surface area contributed by atoms with E-state index >= 15 is 0 Å². The molecule has 0 bridgehead atoms. The molecule has 2 aromatic rings. The highest BCUT2D eigenvalue weighted by Crippen LogP contribution is 2.69. The molecule has 1 fully saturated rings. The smallest absolute Gasteiger partial charge is 0.0201 e. The second-order valence-electron chi connectivity index (χ2n) is 9.76. The molecule has 0 saturated heterocycles. The molecule has 153 valence electrons.